The van der Waals surface area contributed by atoms with Crippen molar-refractivity contribution in [2.75, 3.05) is 0 Å². The predicted molar refractivity (Wildman–Crippen MR) is 104 cm³/mol. The number of carbonyl (C=O) groups excluding carboxylic acids is 2. The van der Waals surface area contributed by atoms with Crippen molar-refractivity contribution in [1.82, 2.24) is 0 Å². The molecule has 0 fully saturated rings. The lowest BCUT2D eigenvalue weighted by Gasteiger charge is -2.24. The van der Waals surface area contributed by atoms with E-state index in [1.807, 2.05) is 6.29 Å². The smallest absolute Gasteiger partial charge is 0.205 e. The first kappa shape index (κ1) is 23.3. The second-order valence-corrected chi connectivity index (χ2v) is 7.45. The molecule has 0 aliphatic heterocycles. The van der Waals surface area contributed by atoms with Gasteiger partial charge in [0.25, 0.3) is 0 Å². The van der Waals surface area contributed by atoms with Crippen molar-refractivity contribution >= 4 is 12.6 Å². The Bertz CT molecular complexity index is 268. The van der Waals surface area contributed by atoms with Crippen molar-refractivity contribution in [2.45, 2.75) is 123 Å². The summed E-state index contributed by atoms with van der Waals surface area (Å²) >= 11 is 0. The maximum Gasteiger partial charge on any atom is 0.205 e. The topological polar surface area (TPSA) is 34.1 Å². The van der Waals surface area contributed by atoms with Crippen molar-refractivity contribution in [1.29, 1.82) is 0 Å². The van der Waals surface area contributed by atoms with E-state index in [1.165, 1.54) is 77.0 Å². The van der Waals surface area contributed by atoms with E-state index in [0.29, 0.717) is 0 Å². The van der Waals surface area contributed by atoms with Crippen LogP contribution >= 0.6 is 0 Å². The third-order valence-corrected chi connectivity index (χ3v) is 5.14. The Morgan fingerprint density at radius 1 is 0.583 bits per heavy atom. The van der Waals surface area contributed by atoms with E-state index in [9.17, 15) is 9.59 Å². The zero-order valence-corrected chi connectivity index (χ0v) is 16.3. The van der Waals surface area contributed by atoms with Crippen LogP contribution in [0.1, 0.15) is 123 Å². The lowest BCUT2D eigenvalue weighted by Crippen LogP contribution is -2.23. The van der Waals surface area contributed by atoms with Crippen LogP contribution in [-0.4, -0.2) is 12.6 Å². The standard InChI is InChI=1S/C22H40O2/c1-3-5-7-9-11-13-15-17-22(21-24,19-20-23)18-16-14-12-10-8-6-4-2/h3-19H2,1-2H3. The second kappa shape index (κ2) is 17.2. The Morgan fingerprint density at radius 3 is 1.29 bits per heavy atom. The molecule has 0 aromatic carbocycles. The molecule has 0 rings (SSSR count). The Labute approximate surface area is 151 Å². The Balaban J connectivity index is 3.94. The van der Waals surface area contributed by atoms with Crippen molar-refractivity contribution in [3.8, 4) is 0 Å². The van der Waals surface area contributed by atoms with Gasteiger partial charge in [-0.3, -0.25) is 9.59 Å². The van der Waals surface area contributed by atoms with Gasteiger partial charge in [-0.25, -0.2) is 0 Å². The maximum atomic E-state index is 11.5. The fourth-order valence-corrected chi connectivity index (χ4v) is 3.42. The van der Waals surface area contributed by atoms with Gasteiger partial charge in [0.1, 0.15) is 0 Å². The average molecular weight is 337 g/mol. The normalized spacial score (nSPS) is 11.6. The van der Waals surface area contributed by atoms with Gasteiger partial charge in [-0.1, -0.05) is 104 Å². The summed E-state index contributed by atoms with van der Waals surface area (Å²) in [6.45, 7) is 4.46. The molecule has 0 unspecified atom stereocenters. The minimum absolute atomic E-state index is 0.238. The highest BCUT2D eigenvalue weighted by Gasteiger charge is 2.29. The molecular weight excluding hydrogens is 296 g/mol. The summed E-state index contributed by atoms with van der Waals surface area (Å²) in [5.74, 6) is 0. The van der Waals surface area contributed by atoms with E-state index in [-0.39, 0.29) is 6.42 Å². The van der Waals surface area contributed by atoms with Crippen molar-refractivity contribution in [3.63, 3.8) is 0 Å². The van der Waals surface area contributed by atoms with Gasteiger partial charge in [-0.15, -0.1) is 0 Å². The highest BCUT2D eigenvalue weighted by molar-refractivity contribution is 5.67. The Hall–Kier alpha value is -0.660. The molecule has 0 aromatic heterocycles. The number of rotatable bonds is 19. The van der Waals surface area contributed by atoms with Crippen LogP contribution < -0.4 is 0 Å². The van der Waals surface area contributed by atoms with Gasteiger partial charge in [-0.2, -0.15) is 0 Å². The van der Waals surface area contributed by atoms with Crippen LogP contribution in [0.25, 0.3) is 0 Å². The molecule has 0 aliphatic carbocycles. The summed E-state index contributed by atoms with van der Waals surface area (Å²) in [4.78, 5) is 22.4. The van der Waals surface area contributed by atoms with Gasteiger partial charge in [-0.05, 0) is 12.8 Å². The van der Waals surface area contributed by atoms with E-state index in [1.54, 1.807) is 0 Å². The zero-order chi connectivity index (χ0) is 17.9. The van der Waals surface area contributed by atoms with Crippen LogP contribution in [-0.2, 0) is 9.59 Å². The summed E-state index contributed by atoms with van der Waals surface area (Å²) in [6.07, 6.45) is 23.4. The fourth-order valence-electron chi connectivity index (χ4n) is 3.42. The molecule has 2 radical (unpaired) electrons. The molecule has 2 nitrogen and oxygen atoms in total. The molecule has 140 valence electrons. The third kappa shape index (κ3) is 12.7. The third-order valence-electron chi connectivity index (χ3n) is 5.14. The van der Waals surface area contributed by atoms with Gasteiger partial charge in [0.2, 0.25) is 6.29 Å². The van der Waals surface area contributed by atoms with Crippen LogP contribution in [0.5, 0.6) is 0 Å². The predicted octanol–water partition coefficient (Wildman–Crippen LogP) is 6.86. The summed E-state index contributed by atoms with van der Waals surface area (Å²) in [5.41, 5.74) is -0.547. The van der Waals surface area contributed by atoms with Gasteiger partial charge < -0.3 is 0 Å². The van der Waals surface area contributed by atoms with Crippen LogP contribution in [0.2, 0.25) is 0 Å². The second-order valence-electron chi connectivity index (χ2n) is 7.45. The molecule has 0 N–H and O–H groups in total. The molecule has 0 spiro atoms. The monoisotopic (exact) mass is 336 g/mol. The van der Waals surface area contributed by atoms with E-state index < -0.39 is 5.41 Å². The number of hydrogen-bond donors (Lipinski definition) is 0. The van der Waals surface area contributed by atoms with Crippen LogP contribution in [0.4, 0.5) is 0 Å². The Morgan fingerprint density at radius 2 is 0.958 bits per heavy atom. The largest absolute Gasteiger partial charge is 0.291 e. The highest BCUT2D eigenvalue weighted by Crippen LogP contribution is 2.32. The van der Waals surface area contributed by atoms with Crippen LogP contribution in [0, 0.1) is 5.41 Å². The SMILES string of the molecule is CCCCCCCCCC([C]=O)(C[C]=O)CCCCCCCCC. The van der Waals surface area contributed by atoms with E-state index >= 15 is 0 Å². The van der Waals surface area contributed by atoms with E-state index in [2.05, 4.69) is 20.1 Å². The van der Waals surface area contributed by atoms with Gasteiger partial charge in [0.15, 0.2) is 6.29 Å². The first-order chi connectivity index (χ1) is 11.7. The lowest BCUT2D eigenvalue weighted by molar-refractivity contribution is 0.313. The minimum Gasteiger partial charge on any atom is -0.291 e. The molecule has 0 atom stereocenters. The minimum atomic E-state index is -0.547. The molecule has 0 aromatic rings. The molecule has 0 aliphatic rings. The molecular formula is C22H40O2. The molecule has 0 amide bonds. The van der Waals surface area contributed by atoms with Gasteiger partial charge in [0.05, 0.1) is 0 Å². The lowest BCUT2D eigenvalue weighted by atomic mass is 9.77. The fraction of sp³-hybridized carbons (Fsp3) is 0.909. The van der Waals surface area contributed by atoms with E-state index in [0.717, 1.165) is 25.7 Å². The van der Waals surface area contributed by atoms with Crippen LogP contribution in [0.15, 0.2) is 0 Å². The molecule has 0 heterocycles. The molecule has 24 heavy (non-hydrogen) atoms. The molecule has 2 heteroatoms. The van der Waals surface area contributed by atoms with E-state index in [4.69, 9.17) is 0 Å². The zero-order valence-electron chi connectivity index (χ0n) is 16.3. The highest BCUT2D eigenvalue weighted by atomic mass is 16.1. The van der Waals surface area contributed by atoms with Crippen molar-refractivity contribution in [3.05, 3.63) is 0 Å². The van der Waals surface area contributed by atoms with Crippen LogP contribution in [0.3, 0.4) is 0 Å². The molecule has 0 saturated heterocycles. The first-order valence-electron chi connectivity index (χ1n) is 10.5. The summed E-state index contributed by atoms with van der Waals surface area (Å²) in [7, 11) is 0. The first-order valence-corrected chi connectivity index (χ1v) is 10.5. The molecule has 0 bridgehead atoms. The summed E-state index contributed by atoms with van der Waals surface area (Å²) < 4.78 is 0. The van der Waals surface area contributed by atoms with Gasteiger partial charge >= 0.3 is 0 Å². The summed E-state index contributed by atoms with van der Waals surface area (Å²) in [6, 6.07) is 0. The summed E-state index contributed by atoms with van der Waals surface area (Å²) in [5, 5.41) is 0. The van der Waals surface area contributed by atoms with Crippen molar-refractivity contribution in [2.24, 2.45) is 5.41 Å². The van der Waals surface area contributed by atoms with Crippen molar-refractivity contribution < 1.29 is 9.59 Å². The van der Waals surface area contributed by atoms with Gasteiger partial charge in [0, 0.05) is 11.8 Å². The number of hydrogen-bond acceptors (Lipinski definition) is 2. The Kier molecular flexibility index (Phi) is 16.7. The average Bonchev–Trinajstić information content (AvgIpc) is 2.60. The number of unbranched alkanes of at least 4 members (excludes halogenated alkanes) is 12. The maximum absolute atomic E-state index is 11.5. The molecule has 0 saturated carbocycles. The quantitative estimate of drug-likeness (QED) is 0.241.